The molecule has 0 bridgehead atoms. The molecule has 1 aliphatic heterocycles. The predicted octanol–water partition coefficient (Wildman–Crippen LogP) is 1.11. The Hall–Kier alpha value is -0.900. The second-order valence-corrected chi connectivity index (χ2v) is 4.66. The fraction of sp³-hybridized carbons (Fsp3) is 0.538. The molecule has 3 heteroatoms. The van der Waals surface area contributed by atoms with Gasteiger partial charge in [0.25, 0.3) is 0 Å². The molecule has 88 valence electrons. The average Bonchev–Trinajstić information content (AvgIpc) is 2.33. The fourth-order valence-corrected chi connectivity index (χ4v) is 2.22. The second kappa shape index (κ2) is 5.43. The van der Waals surface area contributed by atoms with E-state index < -0.39 is 0 Å². The lowest BCUT2D eigenvalue weighted by Crippen LogP contribution is -2.42. The van der Waals surface area contributed by atoms with Gasteiger partial charge in [0.2, 0.25) is 0 Å². The number of likely N-dealkylation sites (tertiary alicyclic amines) is 1. The lowest BCUT2D eigenvalue weighted by atomic mass is 10.0. The zero-order valence-electron chi connectivity index (χ0n) is 9.68. The van der Waals surface area contributed by atoms with Gasteiger partial charge in [-0.15, -0.1) is 0 Å². The Morgan fingerprint density at radius 2 is 1.81 bits per heavy atom. The minimum absolute atomic E-state index is 0.121. The molecule has 0 saturated carbocycles. The van der Waals surface area contributed by atoms with Gasteiger partial charge in [0.1, 0.15) is 0 Å². The second-order valence-electron chi connectivity index (χ2n) is 4.66. The van der Waals surface area contributed by atoms with Crippen LogP contribution in [0.5, 0.6) is 0 Å². The number of rotatable bonds is 3. The van der Waals surface area contributed by atoms with E-state index in [9.17, 15) is 0 Å². The summed E-state index contributed by atoms with van der Waals surface area (Å²) in [6.45, 7) is 3.11. The molecular weight excluding hydrogens is 198 g/mol. The molecule has 0 spiro atoms. The number of nitrogens with two attached hydrogens (primary N) is 2. The van der Waals surface area contributed by atoms with Gasteiger partial charge < -0.3 is 16.4 Å². The van der Waals surface area contributed by atoms with Crippen LogP contribution in [0.4, 0.5) is 0 Å². The Balaban J connectivity index is 1.86. The van der Waals surface area contributed by atoms with E-state index in [1.807, 2.05) is 18.2 Å². The summed E-state index contributed by atoms with van der Waals surface area (Å²) in [4.78, 5) is 2.42. The number of piperidine rings is 1. The summed E-state index contributed by atoms with van der Waals surface area (Å²) in [6.07, 6.45) is 2.20. The van der Waals surface area contributed by atoms with E-state index in [1.165, 1.54) is 5.56 Å². The van der Waals surface area contributed by atoms with Crippen molar-refractivity contribution < 1.29 is 0 Å². The molecule has 0 amide bonds. The molecule has 0 aliphatic carbocycles. The monoisotopic (exact) mass is 219 g/mol. The van der Waals surface area contributed by atoms with Gasteiger partial charge in [-0.3, -0.25) is 0 Å². The molecule has 4 N–H and O–H groups in total. The van der Waals surface area contributed by atoms with Crippen LogP contribution in [-0.4, -0.2) is 30.6 Å². The van der Waals surface area contributed by atoms with E-state index >= 15 is 0 Å². The van der Waals surface area contributed by atoms with Gasteiger partial charge in [-0.05, 0) is 31.5 Å². The molecule has 2 rings (SSSR count). The van der Waals surface area contributed by atoms with Crippen LogP contribution in [0.15, 0.2) is 30.3 Å². The quantitative estimate of drug-likeness (QED) is 0.800. The molecule has 1 aromatic carbocycles. The van der Waals surface area contributed by atoms with E-state index in [0.29, 0.717) is 6.04 Å². The molecule has 16 heavy (non-hydrogen) atoms. The first-order valence-electron chi connectivity index (χ1n) is 6.04. The normalized spacial score (nSPS) is 20.9. The van der Waals surface area contributed by atoms with Crippen molar-refractivity contribution in [3.8, 4) is 0 Å². The molecule has 1 aromatic rings. The van der Waals surface area contributed by atoms with Gasteiger partial charge in [-0.25, -0.2) is 0 Å². The molecule has 3 nitrogen and oxygen atoms in total. The Bertz CT molecular complexity index is 304. The average molecular weight is 219 g/mol. The SMILES string of the molecule is NC1CCN(C[C@H](N)c2ccccc2)CC1. The molecule has 1 saturated heterocycles. The van der Waals surface area contributed by atoms with Crippen LogP contribution in [0.2, 0.25) is 0 Å². The van der Waals surface area contributed by atoms with E-state index in [2.05, 4.69) is 17.0 Å². The zero-order chi connectivity index (χ0) is 11.4. The summed E-state index contributed by atoms with van der Waals surface area (Å²) in [7, 11) is 0. The van der Waals surface area contributed by atoms with Crippen LogP contribution in [0.3, 0.4) is 0 Å². The first kappa shape index (κ1) is 11.6. The molecule has 0 unspecified atom stereocenters. The van der Waals surface area contributed by atoms with Crippen LogP contribution >= 0.6 is 0 Å². The van der Waals surface area contributed by atoms with Crippen molar-refractivity contribution in [3.63, 3.8) is 0 Å². The number of hydrogen-bond acceptors (Lipinski definition) is 3. The minimum Gasteiger partial charge on any atom is -0.328 e. The Labute approximate surface area is 97.4 Å². The molecule has 1 atom stereocenters. The molecule has 1 fully saturated rings. The van der Waals surface area contributed by atoms with Crippen molar-refractivity contribution in [2.24, 2.45) is 11.5 Å². The minimum atomic E-state index is 0.121. The van der Waals surface area contributed by atoms with Crippen molar-refractivity contribution in [2.45, 2.75) is 24.9 Å². The summed E-state index contributed by atoms with van der Waals surface area (Å²) in [6, 6.07) is 10.8. The highest BCUT2D eigenvalue weighted by molar-refractivity contribution is 5.18. The van der Waals surface area contributed by atoms with Gasteiger partial charge in [0.05, 0.1) is 0 Å². The van der Waals surface area contributed by atoms with Crippen LogP contribution in [-0.2, 0) is 0 Å². The molecule has 0 radical (unpaired) electrons. The molecule has 1 heterocycles. The Morgan fingerprint density at radius 3 is 2.44 bits per heavy atom. The summed E-state index contributed by atoms with van der Waals surface area (Å²) in [5.41, 5.74) is 13.3. The number of nitrogens with zero attached hydrogens (tertiary/aromatic N) is 1. The van der Waals surface area contributed by atoms with Crippen molar-refractivity contribution in [2.75, 3.05) is 19.6 Å². The van der Waals surface area contributed by atoms with Crippen LogP contribution in [0, 0.1) is 0 Å². The third-order valence-corrected chi connectivity index (χ3v) is 3.31. The number of benzene rings is 1. The van der Waals surface area contributed by atoms with Crippen molar-refractivity contribution in [1.29, 1.82) is 0 Å². The molecule has 1 aliphatic rings. The van der Waals surface area contributed by atoms with Gasteiger partial charge in [-0.1, -0.05) is 30.3 Å². The molecule has 0 aromatic heterocycles. The van der Waals surface area contributed by atoms with Gasteiger partial charge in [-0.2, -0.15) is 0 Å². The van der Waals surface area contributed by atoms with Gasteiger partial charge in [0, 0.05) is 18.6 Å². The van der Waals surface area contributed by atoms with Crippen LogP contribution in [0.25, 0.3) is 0 Å². The maximum atomic E-state index is 6.19. The number of hydrogen-bond donors (Lipinski definition) is 2. The van der Waals surface area contributed by atoms with Crippen LogP contribution in [0.1, 0.15) is 24.4 Å². The highest BCUT2D eigenvalue weighted by Crippen LogP contribution is 2.14. The summed E-state index contributed by atoms with van der Waals surface area (Å²) in [5, 5.41) is 0. The predicted molar refractivity (Wildman–Crippen MR) is 67.0 cm³/mol. The van der Waals surface area contributed by atoms with E-state index in [0.717, 1.165) is 32.5 Å². The first-order chi connectivity index (χ1) is 7.75. The summed E-state index contributed by atoms with van der Waals surface area (Å²) < 4.78 is 0. The smallest absolute Gasteiger partial charge is 0.0424 e. The highest BCUT2D eigenvalue weighted by Gasteiger charge is 2.18. The third-order valence-electron chi connectivity index (χ3n) is 3.31. The lowest BCUT2D eigenvalue weighted by Gasteiger charge is -2.31. The highest BCUT2D eigenvalue weighted by atomic mass is 15.1. The van der Waals surface area contributed by atoms with Crippen LogP contribution < -0.4 is 11.5 Å². The van der Waals surface area contributed by atoms with Crippen molar-refractivity contribution in [1.82, 2.24) is 4.90 Å². The maximum Gasteiger partial charge on any atom is 0.0424 e. The van der Waals surface area contributed by atoms with Crippen molar-refractivity contribution >= 4 is 0 Å². The van der Waals surface area contributed by atoms with Gasteiger partial charge >= 0.3 is 0 Å². The first-order valence-corrected chi connectivity index (χ1v) is 6.04. The lowest BCUT2D eigenvalue weighted by molar-refractivity contribution is 0.202. The Morgan fingerprint density at radius 1 is 1.19 bits per heavy atom. The van der Waals surface area contributed by atoms with E-state index in [-0.39, 0.29) is 6.04 Å². The van der Waals surface area contributed by atoms with Crippen molar-refractivity contribution in [3.05, 3.63) is 35.9 Å². The molecular formula is C13H21N3. The maximum absolute atomic E-state index is 6.19. The van der Waals surface area contributed by atoms with E-state index in [1.54, 1.807) is 0 Å². The van der Waals surface area contributed by atoms with E-state index in [4.69, 9.17) is 11.5 Å². The third kappa shape index (κ3) is 3.04. The largest absolute Gasteiger partial charge is 0.328 e. The Kier molecular flexibility index (Phi) is 3.93. The van der Waals surface area contributed by atoms with Gasteiger partial charge in [0.15, 0.2) is 0 Å². The standard InChI is InChI=1S/C13H21N3/c14-12-6-8-16(9-7-12)10-13(15)11-4-2-1-3-5-11/h1-5,12-13H,6-10,14-15H2/t13-/m0/s1. The summed E-state index contributed by atoms with van der Waals surface area (Å²) >= 11 is 0. The summed E-state index contributed by atoms with van der Waals surface area (Å²) in [5.74, 6) is 0. The topological polar surface area (TPSA) is 55.3 Å². The fourth-order valence-electron chi connectivity index (χ4n) is 2.22. The zero-order valence-corrected chi connectivity index (χ0v) is 9.68.